The quantitative estimate of drug-likeness (QED) is 0.529. The van der Waals surface area contributed by atoms with Gasteiger partial charge < -0.3 is 15.0 Å². The average Bonchev–Trinajstić information content (AvgIpc) is 2.68. The molecule has 152 valence electrons. The molecule has 0 aromatic heterocycles. The maximum atomic E-state index is 12.4. The number of carbonyl (C=O) groups is 3. The lowest BCUT2D eigenvalue weighted by Crippen LogP contribution is -3.16. The Morgan fingerprint density at radius 2 is 2.14 bits per heavy atom. The van der Waals surface area contributed by atoms with Gasteiger partial charge in [0.1, 0.15) is 12.3 Å². The van der Waals surface area contributed by atoms with Crippen LogP contribution in [0.1, 0.15) is 49.9 Å². The lowest BCUT2D eigenvalue weighted by Gasteiger charge is -2.30. The first-order chi connectivity index (χ1) is 13.5. The summed E-state index contributed by atoms with van der Waals surface area (Å²) in [7, 11) is 0. The van der Waals surface area contributed by atoms with Gasteiger partial charge in [0, 0.05) is 18.5 Å². The largest absolute Gasteiger partial charge is 0.482 e. The molecule has 2 aliphatic heterocycles. The van der Waals surface area contributed by atoms with E-state index in [0.29, 0.717) is 29.6 Å². The van der Waals surface area contributed by atoms with Crippen LogP contribution in [0.3, 0.4) is 0 Å². The molecule has 1 saturated heterocycles. The molecule has 2 amide bonds. The van der Waals surface area contributed by atoms with Gasteiger partial charge in [-0.05, 0) is 51.3 Å². The Kier molecular flexibility index (Phi) is 6.67. The molecule has 2 heterocycles. The molecule has 2 atom stereocenters. The van der Waals surface area contributed by atoms with Crippen LogP contribution in [0.25, 0.3) is 0 Å². The van der Waals surface area contributed by atoms with E-state index in [4.69, 9.17) is 4.74 Å². The van der Waals surface area contributed by atoms with Crippen molar-refractivity contribution in [2.45, 2.75) is 45.6 Å². The molecule has 0 aliphatic carbocycles. The van der Waals surface area contributed by atoms with Crippen molar-refractivity contribution in [3.8, 4) is 5.75 Å². The van der Waals surface area contributed by atoms with Gasteiger partial charge in [-0.15, -0.1) is 0 Å². The van der Waals surface area contributed by atoms with Crippen molar-refractivity contribution < 1.29 is 24.0 Å². The lowest BCUT2D eigenvalue weighted by molar-refractivity contribution is -0.928. The van der Waals surface area contributed by atoms with Gasteiger partial charge in [-0.25, -0.2) is 0 Å². The summed E-state index contributed by atoms with van der Waals surface area (Å²) in [6.45, 7) is 6.47. The van der Waals surface area contributed by atoms with E-state index < -0.39 is 0 Å². The van der Waals surface area contributed by atoms with Gasteiger partial charge in [0.2, 0.25) is 5.91 Å². The Hall–Kier alpha value is -2.41. The Morgan fingerprint density at radius 3 is 2.89 bits per heavy atom. The van der Waals surface area contributed by atoms with Crippen molar-refractivity contribution >= 4 is 23.3 Å². The molecular weight excluding hydrogens is 358 g/mol. The summed E-state index contributed by atoms with van der Waals surface area (Å²) in [5.41, 5.74) is 0.965. The van der Waals surface area contributed by atoms with E-state index in [1.807, 2.05) is 0 Å². The fraction of sp³-hybridized carbons (Fsp3) is 0.571. The van der Waals surface area contributed by atoms with Crippen LogP contribution < -0.4 is 19.9 Å². The van der Waals surface area contributed by atoms with Crippen LogP contribution >= 0.6 is 0 Å². The maximum Gasteiger partial charge on any atom is 0.265 e. The molecular formula is C21H30N3O4+. The first-order valence-corrected chi connectivity index (χ1v) is 10.1. The average molecular weight is 388 g/mol. The molecule has 2 N–H and O–H groups in total. The highest BCUT2D eigenvalue weighted by Crippen LogP contribution is 2.32. The molecule has 0 spiro atoms. The Bertz CT molecular complexity index is 749. The maximum absolute atomic E-state index is 12.4. The highest BCUT2D eigenvalue weighted by Gasteiger charge is 2.28. The lowest BCUT2D eigenvalue weighted by atomic mass is 10.0. The number of anilines is 1. The predicted molar refractivity (Wildman–Crippen MR) is 106 cm³/mol. The molecule has 1 unspecified atom stereocenters. The summed E-state index contributed by atoms with van der Waals surface area (Å²) < 4.78 is 5.42. The van der Waals surface area contributed by atoms with Gasteiger partial charge in [0.25, 0.3) is 5.91 Å². The van der Waals surface area contributed by atoms with Gasteiger partial charge in [-0.3, -0.25) is 19.3 Å². The number of rotatable bonds is 7. The van der Waals surface area contributed by atoms with E-state index in [2.05, 4.69) is 12.2 Å². The van der Waals surface area contributed by atoms with E-state index in [9.17, 15) is 14.4 Å². The van der Waals surface area contributed by atoms with Crippen LogP contribution in [0.2, 0.25) is 0 Å². The third-order valence-electron chi connectivity index (χ3n) is 5.69. The van der Waals surface area contributed by atoms with Crippen LogP contribution in [0, 0.1) is 0 Å². The third-order valence-corrected chi connectivity index (χ3v) is 5.69. The van der Waals surface area contributed by atoms with Crippen molar-refractivity contribution in [2.75, 3.05) is 37.7 Å². The summed E-state index contributed by atoms with van der Waals surface area (Å²) >= 11 is 0. The van der Waals surface area contributed by atoms with Crippen LogP contribution in [0.5, 0.6) is 5.75 Å². The summed E-state index contributed by atoms with van der Waals surface area (Å²) in [5, 5.41) is 2.92. The molecule has 1 aromatic rings. The Labute approximate surface area is 166 Å². The molecule has 1 fully saturated rings. The number of hydrogen-bond donors (Lipinski definition) is 2. The number of ketones is 1. The molecule has 28 heavy (non-hydrogen) atoms. The van der Waals surface area contributed by atoms with Crippen LogP contribution in [0.15, 0.2) is 18.2 Å². The van der Waals surface area contributed by atoms with Crippen LogP contribution in [0.4, 0.5) is 5.69 Å². The second-order valence-corrected chi connectivity index (χ2v) is 7.77. The fourth-order valence-electron chi connectivity index (χ4n) is 3.96. The predicted octanol–water partition coefficient (Wildman–Crippen LogP) is 0.578. The summed E-state index contributed by atoms with van der Waals surface area (Å²) in [4.78, 5) is 39.3. The number of carbonyl (C=O) groups excluding carboxylic acids is 3. The smallest absolute Gasteiger partial charge is 0.265 e. The molecule has 0 saturated carbocycles. The highest BCUT2D eigenvalue weighted by atomic mass is 16.5. The van der Waals surface area contributed by atoms with E-state index in [1.165, 1.54) is 37.6 Å². The standard InChI is InChI=1S/C21H29N3O4/c1-15-6-3-4-10-23(15)11-5-9-22-20(26)13-24-18-12-17(16(2)25)7-8-19(18)28-14-21(24)27/h7-8,12,15H,3-6,9-11,13-14H2,1-2H3,(H,22,26)/p+1/t15-/m0/s1. The molecule has 2 aliphatic rings. The molecule has 3 rings (SSSR count). The fourth-order valence-corrected chi connectivity index (χ4v) is 3.96. The second kappa shape index (κ2) is 9.19. The van der Waals surface area contributed by atoms with Crippen LogP contribution in [-0.2, 0) is 9.59 Å². The first-order valence-electron chi connectivity index (χ1n) is 10.1. The molecule has 0 bridgehead atoms. The molecule has 7 heteroatoms. The van der Waals surface area contributed by atoms with Gasteiger partial charge in [-0.1, -0.05) is 0 Å². The number of benzene rings is 1. The van der Waals surface area contributed by atoms with Crippen molar-refractivity contribution in [1.82, 2.24) is 5.32 Å². The first kappa shape index (κ1) is 20.3. The van der Waals surface area contributed by atoms with Gasteiger partial charge in [0.05, 0.1) is 24.8 Å². The van der Waals surface area contributed by atoms with E-state index in [0.717, 1.165) is 13.0 Å². The monoisotopic (exact) mass is 388 g/mol. The minimum atomic E-state index is -0.282. The van der Waals surface area contributed by atoms with Crippen molar-refractivity contribution in [3.63, 3.8) is 0 Å². The van der Waals surface area contributed by atoms with Gasteiger partial charge in [-0.2, -0.15) is 0 Å². The number of ether oxygens (including phenoxy) is 1. The van der Waals surface area contributed by atoms with Crippen molar-refractivity contribution in [3.05, 3.63) is 23.8 Å². The number of fused-ring (bicyclic) bond motifs is 1. The van der Waals surface area contributed by atoms with Gasteiger partial charge >= 0.3 is 0 Å². The Balaban J connectivity index is 1.53. The molecule has 0 radical (unpaired) electrons. The minimum absolute atomic E-state index is 0.0659. The van der Waals surface area contributed by atoms with Crippen LogP contribution in [-0.4, -0.2) is 56.4 Å². The minimum Gasteiger partial charge on any atom is -0.482 e. The molecule has 7 nitrogen and oxygen atoms in total. The summed E-state index contributed by atoms with van der Waals surface area (Å²) in [6, 6.07) is 5.65. The number of piperidine rings is 1. The number of nitrogens with one attached hydrogen (secondary N) is 2. The summed E-state index contributed by atoms with van der Waals surface area (Å²) in [5.74, 6) is -0.0641. The zero-order valence-corrected chi connectivity index (χ0v) is 16.8. The summed E-state index contributed by atoms with van der Waals surface area (Å²) in [6.07, 6.45) is 4.81. The topological polar surface area (TPSA) is 80.2 Å². The normalized spacial score (nSPS) is 21.6. The highest BCUT2D eigenvalue weighted by molar-refractivity contribution is 6.04. The van der Waals surface area contributed by atoms with E-state index in [1.54, 1.807) is 23.1 Å². The zero-order chi connectivity index (χ0) is 20.1. The number of nitrogens with zero attached hydrogens (tertiary/aromatic N) is 1. The number of hydrogen-bond acceptors (Lipinski definition) is 4. The second-order valence-electron chi connectivity index (χ2n) is 7.77. The number of quaternary nitrogens is 1. The number of Topliss-reactive ketones (excluding diaryl/α,β-unsaturated/α-hetero) is 1. The van der Waals surface area contributed by atoms with Gasteiger partial charge in [0.15, 0.2) is 12.4 Å². The SMILES string of the molecule is CC(=O)c1ccc2c(c1)N(CC(=O)NCCC[NH+]1CCCC[C@@H]1C)C(=O)CO2. The van der Waals surface area contributed by atoms with E-state index in [-0.39, 0.29) is 30.7 Å². The zero-order valence-electron chi connectivity index (χ0n) is 16.8. The third kappa shape index (κ3) is 4.90. The van der Waals surface area contributed by atoms with Crippen molar-refractivity contribution in [1.29, 1.82) is 0 Å². The van der Waals surface area contributed by atoms with Crippen molar-refractivity contribution in [2.24, 2.45) is 0 Å². The Morgan fingerprint density at radius 1 is 1.32 bits per heavy atom. The molecule has 1 aromatic carbocycles. The number of likely N-dealkylation sites (tertiary alicyclic amines) is 1. The van der Waals surface area contributed by atoms with E-state index >= 15 is 0 Å². The number of amides is 2.